The topological polar surface area (TPSA) is 66.8 Å². The molecule has 16 heavy (non-hydrogen) atoms. The molecule has 1 aromatic carbocycles. The summed E-state index contributed by atoms with van der Waals surface area (Å²) in [5.74, 6) is -0.804. The maximum Gasteiger partial charge on any atom is 0.337 e. The van der Waals surface area contributed by atoms with Gasteiger partial charge in [-0.25, -0.2) is 4.79 Å². The lowest BCUT2D eigenvalue weighted by atomic mass is 10.0. The molecule has 1 unspecified atom stereocenters. The lowest BCUT2D eigenvalue weighted by molar-refractivity contribution is -0.147. The summed E-state index contributed by atoms with van der Waals surface area (Å²) in [4.78, 5) is 10.7. The van der Waals surface area contributed by atoms with Crippen molar-refractivity contribution in [1.29, 1.82) is 0 Å². The minimum absolute atomic E-state index is 0.303. The van der Waals surface area contributed by atoms with Crippen LogP contribution in [0.1, 0.15) is 29.7 Å². The lowest BCUT2D eigenvalue weighted by Gasteiger charge is -2.16. The Morgan fingerprint density at radius 1 is 1.44 bits per heavy atom. The highest BCUT2D eigenvalue weighted by Crippen LogP contribution is 2.31. The third-order valence-electron chi connectivity index (χ3n) is 2.52. The van der Waals surface area contributed by atoms with Crippen LogP contribution in [0.4, 0.5) is 0 Å². The molecule has 1 atom stereocenters. The van der Waals surface area contributed by atoms with Gasteiger partial charge < -0.3 is 14.9 Å². The number of ether oxygens (including phenoxy) is 1. The van der Waals surface area contributed by atoms with Crippen molar-refractivity contribution in [2.45, 2.75) is 26.9 Å². The van der Waals surface area contributed by atoms with Crippen molar-refractivity contribution in [3.05, 3.63) is 28.8 Å². The average molecular weight is 224 g/mol. The van der Waals surface area contributed by atoms with Crippen molar-refractivity contribution < 1.29 is 19.7 Å². The van der Waals surface area contributed by atoms with E-state index in [1.54, 1.807) is 12.1 Å². The van der Waals surface area contributed by atoms with Gasteiger partial charge in [0.25, 0.3) is 0 Å². The summed E-state index contributed by atoms with van der Waals surface area (Å²) in [7, 11) is 0. The Balaban J connectivity index is 3.27. The number of aliphatic hydroxyl groups is 1. The molecule has 0 spiro atoms. The molecule has 4 nitrogen and oxygen atoms in total. The van der Waals surface area contributed by atoms with Crippen molar-refractivity contribution in [3.63, 3.8) is 0 Å². The standard InChI is InChI=1S/C12H16O4/c1-4-16-11-8(3)7(2)5-6-9(11)10(13)12(14)15/h5-6,10,13H,4H2,1-3H3,(H,14,15). The molecular formula is C12H16O4. The highest BCUT2D eigenvalue weighted by molar-refractivity contribution is 5.75. The van der Waals surface area contributed by atoms with Crippen LogP contribution in [0.25, 0.3) is 0 Å². The average Bonchev–Trinajstić information content (AvgIpc) is 2.24. The monoisotopic (exact) mass is 224 g/mol. The van der Waals surface area contributed by atoms with Crippen LogP contribution in [0.5, 0.6) is 5.75 Å². The van der Waals surface area contributed by atoms with Gasteiger partial charge in [0, 0.05) is 5.56 Å². The van der Waals surface area contributed by atoms with Crippen LogP contribution in [-0.4, -0.2) is 22.8 Å². The highest BCUT2D eigenvalue weighted by atomic mass is 16.5. The number of aliphatic carboxylic acids is 1. The van der Waals surface area contributed by atoms with Gasteiger partial charge in [0.15, 0.2) is 6.10 Å². The van der Waals surface area contributed by atoms with Crippen LogP contribution in [0, 0.1) is 13.8 Å². The number of carboxylic acid groups (broad SMARTS) is 1. The smallest absolute Gasteiger partial charge is 0.337 e. The van der Waals surface area contributed by atoms with Gasteiger partial charge in [-0.05, 0) is 31.9 Å². The van der Waals surface area contributed by atoms with Gasteiger partial charge >= 0.3 is 5.97 Å². The first-order chi connectivity index (χ1) is 7.49. The molecule has 4 heteroatoms. The summed E-state index contributed by atoms with van der Waals surface area (Å²) >= 11 is 0. The molecule has 0 aliphatic heterocycles. The van der Waals surface area contributed by atoms with Crippen LogP contribution in [0.2, 0.25) is 0 Å². The zero-order valence-corrected chi connectivity index (χ0v) is 9.65. The molecule has 1 aromatic rings. The fourth-order valence-electron chi connectivity index (χ4n) is 1.50. The first-order valence-electron chi connectivity index (χ1n) is 5.12. The van der Waals surface area contributed by atoms with E-state index in [1.807, 2.05) is 20.8 Å². The van der Waals surface area contributed by atoms with Gasteiger partial charge in [-0.3, -0.25) is 0 Å². The number of rotatable bonds is 4. The van der Waals surface area contributed by atoms with Gasteiger partial charge in [-0.1, -0.05) is 12.1 Å². The quantitative estimate of drug-likeness (QED) is 0.818. The Labute approximate surface area is 94.5 Å². The Hall–Kier alpha value is -1.55. The minimum atomic E-state index is -1.54. The van der Waals surface area contributed by atoms with E-state index in [-0.39, 0.29) is 0 Å². The van der Waals surface area contributed by atoms with E-state index in [1.165, 1.54) is 0 Å². The van der Waals surface area contributed by atoms with Crippen LogP contribution in [-0.2, 0) is 4.79 Å². The van der Waals surface area contributed by atoms with Gasteiger partial charge in [0.2, 0.25) is 0 Å². The Bertz CT molecular complexity index is 398. The van der Waals surface area contributed by atoms with Crippen molar-refractivity contribution in [3.8, 4) is 5.75 Å². The maximum absolute atomic E-state index is 10.7. The highest BCUT2D eigenvalue weighted by Gasteiger charge is 2.22. The second kappa shape index (κ2) is 4.99. The zero-order valence-electron chi connectivity index (χ0n) is 9.65. The fourth-order valence-corrected chi connectivity index (χ4v) is 1.50. The summed E-state index contributed by atoms with van der Waals surface area (Å²) in [6.07, 6.45) is -1.54. The van der Waals surface area contributed by atoms with E-state index in [0.717, 1.165) is 11.1 Å². The molecule has 0 aliphatic carbocycles. The minimum Gasteiger partial charge on any atom is -0.493 e. The number of benzene rings is 1. The van der Waals surface area contributed by atoms with Crippen LogP contribution < -0.4 is 4.74 Å². The molecule has 1 rings (SSSR count). The van der Waals surface area contributed by atoms with E-state index in [9.17, 15) is 9.90 Å². The van der Waals surface area contributed by atoms with Gasteiger partial charge in [-0.15, -0.1) is 0 Å². The number of hydrogen-bond donors (Lipinski definition) is 2. The lowest BCUT2D eigenvalue weighted by Crippen LogP contribution is -2.13. The number of carboxylic acids is 1. The Morgan fingerprint density at radius 3 is 2.56 bits per heavy atom. The largest absolute Gasteiger partial charge is 0.493 e. The number of hydrogen-bond acceptors (Lipinski definition) is 3. The second-order valence-electron chi connectivity index (χ2n) is 3.60. The normalized spacial score (nSPS) is 12.2. The van der Waals surface area contributed by atoms with Crippen molar-refractivity contribution in [2.75, 3.05) is 6.61 Å². The summed E-state index contributed by atoms with van der Waals surface area (Å²) in [6.45, 7) is 6.01. The van der Waals surface area contributed by atoms with E-state index in [0.29, 0.717) is 17.9 Å². The van der Waals surface area contributed by atoms with E-state index < -0.39 is 12.1 Å². The molecule has 0 radical (unpaired) electrons. The SMILES string of the molecule is CCOc1c(C(O)C(=O)O)ccc(C)c1C. The van der Waals surface area contributed by atoms with Gasteiger partial charge in [0.1, 0.15) is 5.75 Å². The maximum atomic E-state index is 10.7. The molecule has 0 fully saturated rings. The van der Waals surface area contributed by atoms with Gasteiger partial charge in [-0.2, -0.15) is 0 Å². The second-order valence-corrected chi connectivity index (χ2v) is 3.60. The van der Waals surface area contributed by atoms with Crippen LogP contribution in [0.3, 0.4) is 0 Å². The molecule has 0 aliphatic rings. The van der Waals surface area contributed by atoms with Crippen molar-refractivity contribution >= 4 is 5.97 Å². The zero-order chi connectivity index (χ0) is 12.3. The molecule has 0 bridgehead atoms. The predicted octanol–water partition coefficient (Wildman–Crippen LogP) is 1.82. The Kier molecular flexibility index (Phi) is 3.90. The molecule has 0 saturated carbocycles. The summed E-state index contributed by atoms with van der Waals surface area (Å²) < 4.78 is 5.40. The molecule has 0 aromatic heterocycles. The third-order valence-corrected chi connectivity index (χ3v) is 2.52. The predicted molar refractivity (Wildman–Crippen MR) is 59.7 cm³/mol. The molecule has 0 amide bonds. The van der Waals surface area contributed by atoms with E-state index in [2.05, 4.69) is 0 Å². The van der Waals surface area contributed by atoms with Crippen molar-refractivity contribution in [1.82, 2.24) is 0 Å². The van der Waals surface area contributed by atoms with Gasteiger partial charge in [0.05, 0.1) is 6.61 Å². The molecule has 0 heterocycles. The third kappa shape index (κ3) is 2.33. The first kappa shape index (κ1) is 12.5. The van der Waals surface area contributed by atoms with Crippen molar-refractivity contribution in [2.24, 2.45) is 0 Å². The molecular weight excluding hydrogens is 208 g/mol. The van der Waals surface area contributed by atoms with E-state index in [4.69, 9.17) is 9.84 Å². The van der Waals surface area contributed by atoms with E-state index >= 15 is 0 Å². The van der Waals surface area contributed by atoms with Crippen LogP contribution >= 0.6 is 0 Å². The number of carbonyl (C=O) groups is 1. The summed E-state index contributed by atoms with van der Waals surface area (Å²) in [5.41, 5.74) is 2.17. The molecule has 88 valence electrons. The molecule has 0 saturated heterocycles. The number of aryl methyl sites for hydroxylation is 1. The summed E-state index contributed by atoms with van der Waals surface area (Å²) in [6, 6.07) is 3.37. The number of aliphatic hydroxyl groups excluding tert-OH is 1. The molecule has 2 N–H and O–H groups in total. The first-order valence-corrected chi connectivity index (χ1v) is 5.12. The van der Waals surface area contributed by atoms with Crippen LogP contribution in [0.15, 0.2) is 12.1 Å². The Morgan fingerprint density at radius 2 is 2.06 bits per heavy atom. The summed E-state index contributed by atoms with van der Waals surface area (Å²) in [5, 5.41) is 18.3. The fraction of sp³-hybridized carbons (Fsp3) is 0.417.